The average Bonchev–Trinajstić information content (AvgIpc) is 3.32. The van der Waals surface area contributed by atoms with Crippen LogP contribution in [-0.2, 0) is 11.2 Å². The Kier molecular flexibility index (Phi) is 10.8. The molecule has 1 fully saturated rings. The number of aliphatic hydroxyl groups excluding tert-OH is 1. The van der Waals surface area contributed by atoms with E-state index in [0.29, 0.717) is 22.4 Å². The van der Waals surface area contributed by atoms with Gasteiger partial charge in [0, 0.05) is 37.2 Å². The fraction of sp³-hybridized carbons (Fsp3) is 0.414. The molecule has 3 N–H and O–H groups in total. The van der Waals surface area contributed by atoms with Crippen molar-refractivity contribution in [1.82, 2.24) is 9.47 Å². The zero-order chi connectivity index (χ0) is 32.2. The van der Waals surface area contributed by atoms with Crippen molar-refractivity contribution in [3.05, 3.63) is 74.3 Å². The number of likely N-dealkylation sites (tertiary alicyclic amines) is 1. The van der Waals surface area contributed by atoms with Crippen molar-refractivity contribution in [3.8, 4) is 5.75 Å². The van der Waals surface area contributed by atoms with Gasteiger partial charge in [0.25, 0.3) is 0 Å². The van der Waals surface area contributed by atoms with Crippen LogP contribution < -0.4 is 10.2 Å². The second-order valence-corrected chi connectivity index (χ2v) is 10.9. The van der Waals surface area contributed by atoms with Gasteiger partial charge >= 0.3 is 18.1 Å². The fourth-order valence-electron chi connectivity index (χ4n) is 4.78. The highest BCUT2D eigenvalue weighted by molar-refractivity contribution is 6.30. The summed E-state index contributed by atoms with van der Waals surface area (Å²) in [5.41, 5.74) is 0.297. The van der Waals surface area contributed by atoms with Gasteiger partial charge in [-0.05, 0) is 42.6 Å². The van der Waals surface area contributed by atoms with Crippen LogP contribution in [-0.4, -0.2) is 75.7 Å². The minimum Gasteiger partial charge on any atom is -0.489 e. The molecule has 1 aromatic heterocycles. The molecule has 0 spiro atoms. The Labute approximate surface area is 248 Å². The van der Waals surface area contributed by atoms with Crippen molar-refractivity contribution in [2.24, 2.45) is 5.92 Å². The number of aromatic nitrogens is 1. The first kappa shape index (κ1) is 33.8. The maximum atomic E-state index is 14.8. The second-order valence-electron chi connectivity index (χ2n) is 10.5. The lowest BCUT2D eigenvalue weighted by Crippen LogP contribution is -2.26. The van der Waals surface area contributed by atoms with Crippen molar-refractivity contribution in [2.45, 2.75) is 45.0 Å². The summed E-state index contributed by atoms with van der Waals surface area (Å²) in [6.45, 7) is 5.18. The number of carbonyl (C=O) groups is 2. The number of pyridine rings is 1. The van der Waals surface area contributed by atoms with Crippen LogP contribution in [0.4, 0.5) is 17.6 Å². The Morgan fingerprint density at radius 2 is 1.81 bits per heavy atom. The van der Waals surface area contributed by atoms with Gasteiger partial charge in [-0.15, -0.1) is 0 Å². The molecule has 0 radical (unpaired) electrons. The van der Waals surface area contributed by atoms with Gasteiger partial charge in [0.2, 0.25) is 5.43 Å². The van der Waals surface area contributed by atoms with Crippen molar-refractivity contribution in [3.63, 3.8) is 0 Å². The van der Waals surface area contributed by atoms with E-state index in [0.717, 1.165) is 19.5 Å². The number of nitrogens with zero attached hydrogens (tertiary/aromatic N) is 2. The van der Waals surface area contributed by atoms with Crippen molar-refractivity contribution in [1.29, 1.82) is 0 Å². The van der Waals surface area contributed by atoms with Crippen molar-refractivity contribution in [2.75, 3.05) is 26.7 Å². The highest BCUT2D eigenvalue weighted by Gasteiger charge is 2.38. The minimum absolute atomic E-state index is 0.00795. The highest BCUT2D eigenvalue weighted by Crippen LogP contribution is 2.33. The van der Waals surface area contributed by atoms with Crippen LogP contribution in [0.25, 0.3) is 10.9 Å². The SMILES string of the molecule is CC(C)[C@@H](CO)n1cc(C(=O)O)c(=O)c2cc(Cc3cccc(Cl)c3F)c(O[C@H]3CCN(C)C3)cc21.O=C(O)C(F)(F)F. The number of carboxylic acids is 2. The van der Waals surface area contributed by atoms with E-state index < -0.39 is 41.0 Å². The number of aromatic carboxylic acids is 1. The molecule has 43 heavy (non-hydrogen) atoms. The lowest BCUT2D eigenvalue weighted by atomic mass is 9.98. The predicted octanol–water partition coefficient (Wildman–Crippen LogP) is 4.99. The van der Waals surface area contributed by atoms with E-state index in [9.17, 15) is 37.4 Å². The maximum absolute atomic E-state index is 14.8. The summed E-state index contributed by atoms with van der Waals surface area (Å²) < 4.78 is 54.6. The van der Waals surface area contributed by atoms with Crippen LogP contribution in [0, 0.1) is 11.7 Å². The molecule has 2 heterocycles. The predicted molar refractivity (Wildman–Crippen MR) is 151 cm³/mol. The van der Waals surface area contributed by atoms with Crippen LogP contribution in [0.15, 0.2) is 41.3 Å². The first-order chi connectivity index (χ1) is 20.0. The highest BCUT2D eigenvalue weighted by atomic mass is 35.5. The third-order valence-corrected chi connectivity index (χ3v) is 7.35. The van der Waals surface area contributed by atoms with Crippen LogP contribution in [0.3, 0.4) is 0 Å². The van der Waals surface area contributed by atoms with Gasteiger partial charge in [0.15, 0.2) is 0 Å². The zero-order valence-electron chi connectivity index (χ0n) is 23.5. The molecule has 9 nitrogen and oxygen atoms in total. The topological polar surface area (TPSA) is 129 Å². The molecule has 234 valence electrons. The molecule has 4 rings (SSSR count). The molecular formula is C29H31ClF4N2O7. The van der Waals surface area contributed by atoms with E-state index >= 15 is 0 Å². The number of alkyl halides is 3. The summed E-state index contributed by atoms with van der Waals surface area (Å²) >= 11 is 6.00. The smallest absolute Gasteiger partial charge is 0.489 e. The second kappa shape index (κ2) is 13.7. The number of aliphatic carboxylic acids is 1. The number of ether oxygens (including phenoxy) is 1. The lowest BCUT2D eigenvalue weighted by Gasteiger charge is -2.26. The van der Waals surface area contributed by atoms with Gasteiger partial charge in [-0.2, -0.15) is 13.2 Å². The molecule has 0 aliphatic carbocycles. The molecule has 0 saturated carbocycles. The van der Waals surface area contributed by atoms with E-state index in [4.69, 9.17) is 26.2 Å². The Balaban J connectivity index is 0.000000646. The third-order valence-electron chi connectivity index (χ3n) is 7.06. The first-order valence-electron chi connectivity index (χ1n) is 13.2. The van der Waals surface area contributed by atoms with E-state index in [1.54, 1.807) is 28.8 Å². The number of benzene rings is 2. The van der Waals surface area contributed by atoms with E-state index in [1.807, 2.05) is 20.9 Å². The summed E-state index contributed by atoms with van der Waals surface area (Å²) in [7, 11) is 2.01. The summed E-state index contributed by atoms with van der Waals surface area (Å²) in [5, 5.41) is 27.1. The van der Waals surface area contributed by atoms with Gasteiger partial charge < -0.3 is 29.5 Å². The Bertz CT molecular complexity index is 1560. The number of hydrogen-bond acceptors (Lipinski definition) is 6. The number of rotatable bonds is 8. The quantitative estimate of drug-likeness (QED) is 0.297. The molecule has 3 aromatic rings. The van der Waals surface area contributed by atoms with E-state index in [-0.39, 0.29) is 35.5 Å². The number of fused-ring (bicyclic) bond motifs is 1. The van der Waals surface area contributed by atoms with Gasteiger partial charge in [-0.25, -0.2) is 14.0 Å². The van der Waals surface area contributed by atoms with E-state index in [2.05, 4.69) is 4.90 Å². The van der Waals surface area contributed by atoms with Crippen LogP contribution >= 0.6 is 11.6 Å². The number of halogens is 5. The molecule has 14 heteroatoms. The monoisotopic (exact) mass is 630 g/mol. The minimum atomic E-state index is -5.08. The molecule has 0 amide bonds. The Hall–Kier alpha value is -3.68. The lowest BCUT2D eigenvalue weighted by molar-refractivity contribution is -0.192. The number of aliphatic hydroxyl groups is 1. The van der Waals surface area contributed by atoms with Gasteiger partial charge in [-0.1, -0.05) is 37.6 Å². The third kappa shape index (κ3) is 8.03. The normalized spacial score (nSPS) is 16.2. The van der Waals surface area contributed by atoms with Gasteiger partial charge in [0.05, 0.1) is 23.2 Å². The molecule has 2 aromatic carbocycles. The molecule has 1 saturated heterocycles. The molecule has 2 atom stereocenters. The Morgan fingerprint density at radius 1 is 1.16 bits per heavy atom. The number of hydrogen-bond donors (Lipinski definition) is 3. The zero-order valence-corrected chi connectivity index (χ0v) is 24.2. The number of likely N-dealkylation sites (N-methyl/N-ethyl adjacent to an activating group) is 1. The first-order valence-corrected chi connectivity index (χ1v) is 13.6. The largest absolute Gasteiger partial charge is 0.490 e. The van der Waals surface area contributed by atoms with E-state index in [1.165, 1.54) is 12.3 Å². The fourth-order valence-corrected chi connectivity index (χ4v) is 4.97. The van der Waals surface area contributed by atoms with Crippen LogP contribution in [0.5, 0.6) is 5.75 Å². The van der Waals surface area contributed by atoms with Crippen molar-refractivity contribution < 1.29 is 47.2 Å². The van der Waals surface area contributed by atoms with Crippen LogP contribution in [0.2, 0.25) is 5.02 Å². The summed E-state index contributed by atoms with van der Waals surface area (Å²) in [6, 6.07) is 7.56. The molecule has 1 aliphatic rings. The Morgan fingerprint density at radius 3 is 2.33 bits per heavy atom. The average molecular weight is 631 g/mol. The van der Waals surface area contributed by atoms with Crippen molar-refractivity contribution >= 4 is 34.4 Å². The molecule has 1 aliphatic heterocycles. The molecule has 0 bridgehead atoms. The maximum Gasteiger partial charge on any atom is 0.490 e. The molecule has 0 unspecified atom stereocenters. The summed E-state index contributed by atoms with van der Waals surface area (Å²) in [4.78, 5) is 36.2. The summed E-state index contributed by atoms with van der Waals surface area (Å²) in [6.07, 6.45) is -2.97. The van der Waals surface area contributed by atoms with Gasteiger partial charge in [0.1, 0.15) is 23.2 Å². The number of carboxylic acid groups (broad SMARTS) is 2. The van der Waals surface area contributed by atoms with Gasteiger partial charge in [-0.3, -0.25) is 4.79 Å². The van der Waals surface area contributed by atoms with Crippen LogP contribution in [0.1, 0.15) is 47.8 Å². The molecular weight excluding hydrogens is 600 g/mol. The summed E-state index contributed by atoms with van der Waals surface area (Å²) in [5.74, 6) is -4.22. The standard InChI is InChI=1S/C27H30ClFN2O5.C2HF3O2/c1-15(2)23(14-32)31-13-20(27(34)35)26(33)19-10-17(9-16-5-4-6-21(28)25(16)29)24(11-22(19)31)36-18-7-8-30(3)12-18;3-2(4,5)1(6)7/h4-6,10-11,13,15,18,23,32H,7-9,12,14H2,1-3H3,(H,34,35);(H,6,7)/t18-,23+;/m0./s1.